The van der Waals surface area contributed by atoms with Gasteiger partial charge in [0.2, 0.25) is 15.9 Å². The molecule has 2 heterocycles. The molecule has 3 aromatic rings. The maximum atomic E-state index is 12.7. The zero-order valence-electron chi connectivity index (χ0n) is 19.1. The molecule has 35 heavy (non-hydrogen) atoms. The third kappa shape index (κ3) is 6.51. The first kappa shape index (κ1) is 27.4. The van der Waals surface area contributed by atoms with E-state index in [4.69, 9.17) is 0 Å². The number of hydrogen-bond donors (Lipinski definition) is 3. The van der Waals surface area contributed by atoms with Gasteiger partial charge < -0.3 is 10.6 Å². The summed E-state index contributed by atoms with van der Waals surface area (Å²) in [6, 6.07) is 14.6. The summed E-state index contributed by atoms with van der Waals surface area (Å²) >= 11 is 0. The van der Waals surface area contributed by atoms with Gasteiger partial charge in [0.15, 0.2) is 0 Å². The molecule has 1 aliphatic heterocycles. The van der Waals surface area contributed by atoms with Gasteiger partial charge in [-0.25, -0.2) is 13.1 Å². The molecule has 10 heteroatoms. The number of fused-ring (bicyclic) bond motifs is 1. The van der Waals surface area contributed by atoms with Crippen LogP contribution in [0.4, 0.5) is 5.69 Å². The summed E-state index contributed by atoms with van der Waals surface area (Å²) in [6.07, 6.45) is 6.41. The molecule has 1 amide bonds. The molecule has 1 saturated heterocycles. The second-order valence-electron chi connectivity index (χ2n) is 9.01. The van der Waals surface area contributed by atoms with Crippen molar-refractivity contribution in [2.24, 2.45) is 11.8 Å². The van der Waals surface area contributed by atoms with E-state index in [0.717, 1.165) is 54.4 Å². The van der Waals surface area contributed by atoms with Crippen LogP contribution in [0.15, 0.2) is 65.8 Å². The first-order valence-corrected chi connectivity index (χ1v) is 12.9. The third-order valence-electron chi connectivity index (χ3n) is 6.61. The van der Waals surface area contributed by atoms with Crippen molar-refractivity contribution in [1.82, 2.24) is 15.0 Å². The molecule has 0 bridgehead atoms. The molecule has 2 fully saturated rings. The molecule has 2 aliphatic rings. The lowest BCUT2D eigenvalue weighted by atomic mass is 10.0. The Labute approximate surface area is 218 Å². The predicted octanol–water partition coefficient (Wildman–Crippen LogP) is 4.10. The molecule has 0 radical (unpaired) electrons. The summed E-state index contributed by atoms with van der Waals surface area (Å²) in [5.41, 5.74) is 1.76. The Kier molecular flexibility index (Phi) is 9.12. The monoisotopic (exact) mass is 536 g/mol. The molecule has 1 aromatic heterocycles. The summed E-state index contributed by atoms with van der Waals surface area (Å²) in [6.45, 7) is 2.31. The fourth-order valence-electron chi connectivity index (χ4n) is 4.55. The highest BCUT2D eigenvalue weighted by Crippen LogP contribution is 2.48. The van der Waals surface area contributed by atoms with Gasteiger partial charge in [-0.05, 0) is 85.5 Å². The lowest BCUT2D eigenvalue weighted by Crippen LogP contribution is -2.38. The number of benzene rings is 2. The van der Waals surface area contributed by atoms with Crippen LogP contribution in [0.1, 0.15) is 30.7 Å². The molecule has 3 unspecified atom stereocenters. The van der Waals surface area contributed by atoms with Crippen LogP contribution in [0.5, 0.6) is 0 Å². The van der Waals surface area contributed by atoms with Crippen LogP contribution in [0.25, 0.3) is 10.8 Å². The van der Waals surface area contributed by atoms with E-state index in [0.29, 0.717) is 12.5 Å². The van der Waals surface area contributed by atoms with Crippen molar-refractivity contribution >= 4 is 57.2 Å². The van der Waals surface area contributed by atoms with Crippen LogP contribution in [0.2, 0.25) is 0 Å². The predicted molar refractivity (Wildman–Crippen MR) is 143 cm³/mol. The molecule has 7 nitrogen and oxygen atoms in total. The third-order valence-corrected chi connectivity index (χ3v) is 8.05. The van der Waals surface area contributed by atoms with E-state index in [1.165, 1.54) is 0 Å². The Morgan fingerprint density at radius 3 is 2.60 bits per heavy atom. The quantitative estimate of drug-likeness (QED) is 0.422. The number of carbonyl (C=O) groups excluding carboxylic acids is 1. The maximum absolute atomic E-state index is 12.7. The molecular formula is C25H30Cl2N4O3S. The van der Waals surface area contributed by atoms with Crippen LogP contribution < -0.4 is 15.4 Å². The van der Waals surface area contributed by atoms with Gasteiger partial charge in [0.05, 0.1) is 4.90 Å². The largest absolute Gasteiger partial charge is 0.326 e. The highest BCUT2D eigenvalue weighted by Gasteiger charge is 2.44. The smallest absolute Gasteiger partial charge is 0.240 e. The Bertz CT molecular complexity index is 1270. The van der Waals surface area contributed by atoms with Gasteiger partial charge in [0.25, 0.3) is 0 Å². The number of rotatable bonds is 7. The van der Waals surface area contributed by atoms with Crippen LogP contribution >= 0.6 is 24.8 Å². The number of anilines is 1. The summed E-state index contributed by atoms with van der Waals surface area (Å²) in [7, 11) is -3.53. The van der Waals surface area contributed by atoms with Crippen LogP contribution in [-0.4, -0.2) is 38.9 Å². The maximum Gasteiger partial charge on any atom is 0.240 e. The molecule has 1 saturated carbocycles. The van der Waals surface area contributed by atoms with Crippen molar-refractivity contribution in [3.8, 4) is 0 Å². The van der Waals surface area contributed by atoms with Gasteiger partial charge in [-0.3, -0.25) is 9.78 Å². The molecule has 3 N–H and O–H groups in total. The number of nitrogens with zero attached hydrogens (tertiary/aromatic N) is 1. The minimum absolute atomic E-state index is 0. The van der Waals surface area contributed by atoms with E-state index in [9.17, 15) is 13.2 Å². The fourth-order valence-corrected chi connectivity index (χ4v) is 5.67. The Hall–Kier alpha value is -2.23. The van der Waals surface area contributed by atoms with E-state index >= 15 is 0 Å². The fraction of sp³-hybridized carbons (Fsp3) is 0.360. The topological polar surface area (TPSA) is 100 Å². The van der Waals surface area contributed by atoms with Crippen molar-refractivity contribution in [1.29, 1.82) is 0 Å². The highest BCUT2D eigenvalue weighted by atomic mass is 35.5. The second-order valence-corrected chi connectivity index (χ2v) is 10.8. The minimum Gasteiger partial charge on any atom is -0.326 e. The number of nitrogens with one attached hydrogen (secondary N) is 3. The van der Waals surface area contributed by atoms with Gasteiger partial charge >= 0.3 is 0 Å². The Morgan fingerprint density at radius 1 is 1.06 bits per heavy atom. The second kappa shape index (κ2) is 11.7. The Morgan fingerprint density at radius 2 is 1.86 bits per heavy atom. The van der Waals surface area contributed by atoms with Crippen molar-refractivity contribution < 1.29 is 13.2 Å². The molecule has 0 spiro atoms. The lowest BCUT2D eigenvalue weighted by molar-refractivity contribution is -0.117. The number of halogens is 2. The molecule has 2 aromatic carbocycles. The average Bonchev–Trinajstić information content (AvgIpc) is 3.65. The van der Waals surface area contributed by atoms with Crippen LogP contribution in [0, 0.1) is 11.8 Å². The standard InChI is InChI=1S/C25H28N4O3S.2ClH/c30-25(29-21-6-3-20-16-27-11-9-19(20)12-21)24-13-23(24)18-4-7-22(8-5-18)33(31,32)28-15-17-2-1-10-26-14-17;;/h3-9,11-12,16-17,23-24,26,28H,1-2,10,13-15H2,(H,29,30);2*1H. The van der Waals surface area contributed by atoms with E-state index in [1.807, 2.05) is 36.4 Å². The highest BCUT2D eigenvalue weighted by molar-refractivity contribution is 7.89. The summed E-state index contributed by atoms with van der Waals surface area (Å²) < 4.78 is 28.0. The van der Waals surface area contributed by atoms with Crippen molar-refractivity contribution in [3.63, 3.8) is 0 Å². The van der Waals surface area contributed by atoms with Gasteiger partial charge in [-0.2, -0.15) is 0 Å². The zero-order valence-corrected chi connectivity index (χ0v) is 21.6. The first-order chi connectivity index (χ1) is 16.0. The molecule has 3 atom stereocenters. The summed E-state index contributed by atoms with van der Waals surface area (Å²) in [5.74, 6) is 0.343. The van der Waals surface area contributed by atoms with E-state index in [2.05, 4.69) is 20.3 Å². The van der Waals surface area contributed by atoms with Crippen LogP contribution in [-0.2, 0) is 14.8 Å². The summed E-state index contributed by atoms with van der Waals surface area (Å²) in [5, 5.41) is 8.37. The van der Waals surface area contributed by atoms with E-state index in [1.54, 1.807) is 24.5 Å². The molecule has 1 aliphatic carbocycles. The van der Waals surface area contributed by atoms with Gasteiger partial charge in [-0.15, -0.1) is 24.8 Å². The van der Waals surface area contributed by atoms with Gasteiger partial charge in [0.1, 0.15) is 0 Å². The number of piperidine rings is 1. The number of carbonyl (C=O) groups is 1. The van der Waals surface area contributed by atoms with Crippen molar-refractivity contribution in [2.75, 3.05) is 25.0 Å². The molecule has 188 valence electrons. The minimum atomic E-state index is -3.53. The number of pyridine rings is 1. The van der Waals surface area contributed by atoms with Crippen LogP contribution in [0.3, 0.4) is 0 Å². The van der Waals surface area contributed by atoms with Gasteiger partial charge in [0, 0.05) is 35.9 Å². The average molecular weight is 538 g/mol. The van der Waals surface area contributed by atoms with Gasteiger partial charge in [-0.1, -0.05) is 18.2 Å². The first-order valence-electron chi connectivity index (χ1n) is 11.4. The normalized spacial score (nSPS) is 21.4. The molecular weight excluding hydrogens is 507 g/mol. The summed E-state index contributed by atoms with van der Waals surface area (Å²) in [4.78, 5) is 17.1. The number of amides is 1. The number of aromatic nitrogens is 1. The lowest BCUT2D eigenvalue weighted by Gasteiger charge is -2.22. The molecule has 5 rings (SSSR count). The Balaban J connectivity index is 0.00000171. The van der Waals surface area contributed by atoms with Crippen molar-refractivity contribution in [3.05, 3.63) is 66.5 Å². The van der Waals surface area contributed by atoms with Crippen molar-refractivity contribution in [2.45, 2.75) is 30.1 Å². The SMILES string of the molecule is Cl.Cl.O=C(Nc1ccc2cnccc2c1)C1CC1c1ccc(S(=O)(=O)NCC2CCCNC2)cc1. The number of hydrogen-bond acceptors (Lipinski definition) is 5. The van der Waals surface area contributed by atoms with E-state index in [-0.39, 0.29) is 47.5 Å². The van der Waals surface area contributed by atoms with E-state index < -0.39 is 10.0 Å². The zero-order chi connectivity index (χ0) is 22.8. The number of sulfonamides is 1.